The number of carbonyl (C=O) groups excluding carboxylic acids is 2. The molecule has 1 N–H and O–H groups in total. The van der Waals surface area contributed by atoms with Crippen LogP contribution >= 0.6 is 34.8 Å². The Hall–Kier alpha value is -2.78. The Bertz CT molecular complexity index is 1420. The number of rotatable bonds is 12. The molecule has 3 aromatic carbocycles. The molecule has 40 heavy (non-hydrogen) atoms. The van der Waals surface area contributed by atoms with Gasteiger partial charge < -0.3 is 10.2 Å². The van der Waals surface area contributed by atoms with Crippen LogP contribution in [0.15, 0.2) is 72.8 Å². The molecule has 0 radical (unpaired) electrons. The molecule has 7 nitrogen and oxygen atoms in total. The van der Waals surface area contributed by atoms with E-state index < -0.39 is 28.5 Å². The van der Waals surface area contributed by atoms with Crippen molar-refractivity contribution >= 4 is 62.3 Å². The molecule has 0 saturated carbocycles. The van der Waals surface area contributed by atoms with E-state index in [1.807, 2.05) is 44.2 Å². The predicted molar refractivity (Wildman–Crippen MR) is 162 cm³/mol. The van der Waals surface area contributed by atoms with Gasteiger partial charge in [-0.25, -0.2) is 8.42 Å². The number of halogens is 3. The maximum Gasteiger partial charge on any atom is 0.244 e. The maximum absolute atomic E-state index is 14.0. The van der Waals surface area contributed by atoms with Crippen molar-refractivity contribution in [2.24, 2.45) is 5.92 Å². The van der Waals surface area contributed by atoms with Gasteiger partial charge in [0.25, 0.3) is 0 Å². The molecule has 214 valence electrons. The van der Waals surface area contributed by atoms with E-state index >= 15 is 0 Å². The highest BCUT2D eigenvalue weighted by Gasteiger charge is 2.33. The molecule has 0 aromatic heterocycles. The molecule has 0 aliphatic heterocycles. The van der Waals surface area contributed by atoms with Crippen LogP contribution in [0.4, 0.5) is 5.69 Å². The van der Waals surface area contributed by atoms with E-state index in [-0.39, 0.29) is 35.5 Å². The van der Waals surface area contributed by atoms with Crippen LogP contribution in [0.5, 0.6) is 0 Å². The molecule has 1 atom stereocenters. The Morgan fingerprint density at radius 3 is 2.08 bits per heavy atom. The van der Waals surface area contributed by atoms with E-state index in [0.717, 1.165) is 21.7 Å². The van der Waals surface area contributed by atoms with Crippen LogP contribution in [-0.4, -0.2) is 50.5 Å². The zero-order chi connectivity index (χ0) is 29.4. The minimum atomic E-state index is -3.95. The van der Waals surface area contributed by atoms with Crippen molar-refractivity contribution in [1.82, 2.24) is 10.2 Å². The summed E-state index contributed by atoms with van der Waals surface area (Å²) in [6, 6.07) is 19.7. The summed E-state index contributed by atoms with van der Waals surface area (Å²) in [4.78, 5) is 29.0. The molecular formula is C29H32Cl3N3O4S. The third-order valence-electron chi connectivity index (χ3n) is 6.08. The zero-order valence-electron chi connectivity index (χ0n) is 22.5. The summed E-state index contributed by atoms with van der Waals surface area (Å²) in [7, 11) is -3.95. The van der Waals surface area contributed by atoms with Crippen LogP contribution in [-0.2, 0) is 32.6 Å². The van der Waals surface area contributed by atoms with Gasteiger partial charge in [0.1, 0.15) is 12.6 Å². The first kappa shape index (κ1) is 31.7. The van der Waals surface area contributed by atoms with E-state index in [4.69, 9.17) is 34.8 Å². The highest BCUT2D eigenvalue weighted by molar-refractivity contribution is 7.92. The highest BCUT2D eigenvalue weighted by Crippen LogP contribution is 2.30. The predicted octanol–water partition coefficient (Wildman–Crippen LogP) is 5.83. The van der Waals surface area contributed by atoms with Gasteiger partial charge in [0.2, 0.25) is 21.8 Å². The van der Waals surface area contributed by atoms with Gasteiger partial charge in [-0.2, -0.15) is 0 Å². The lowest BCUT2D eigenvalue weighted by Crippen LogP contribution is -2.53. The Morgan fingerprint density at radius 2 is 1.50 bits per heavy atom. The van der Waals surface area contributed by atoms with Crippen LogP contribution in [0.1, 0.15) is 25.0 Å². The van der Waals surface area contributed by atoms with Gasteiger partial charge in [-0.15, -0.1) is 0 Å². The lowest BCUT2D eigenvalue weighted by molar-refractivity contribution is -0.140. The van der Waals surface area contributed by atoms with E-state index in [2.05, 4.69) is 5.32 Å². The highest BCUT2D eigenvalue weighted by atomic mass is 35.5. The molecular weight excluding hydrogens is 593 g/mol. The third kappa shape index (κ3) is 9.13. The van der Waals surface area contributed by atoms with Gasteiger partial charge in [-0.3, -0.25) is 13.9 Å². The molecule has 0 spiro atoms. The van der Waals surface area contributed by atoms with Crippen LogP contribution in [0.2, 0.25) is 15.1 Å². The molecule has 3 rings (SSSR count). The average molecular weight is 625 g/mol. The summed E-state index contributed by atoms with van der Waals surface area (Å²) in [6.45, 7) is 3.85. The first-order valence-electron chi connectivity index (χ1n) is 12.6. The zero-order valence-corrected chi connectivity index (χ0v) is 25.6. The summed E-state index contributed by atoms with van der Waals surface area (Å²) in [6.07, 6.45) is 1.22. The van der Waals surface area contributed by atoms with Crippen molar-refractivity contribution in [3.63, 3.8) is 0 Å². The number of anilines is 1. The monoisotopic (exact) mass is 623 g/mol. The maximum atomic E-state index is 14.0. The quantitative estimate of drug-likeness (QED) is 0.275. The van der Waals surface area contributed by atoms with Crippen molar-refractivity contribution in [3.05, 3.63) is 99.0 Å². The Morgan fingerprint density at radius 1 is 0.875 bits per heavy atom. The number of carbonyl (C=O) groups is 2. The molecule has 0 bridgehead atoms. The van der Waals surface area contributed by atoms with Crippen molar-refractivity contribution in [2.45, 2.75) is 32.9 Å². The number of nitrogens with one attached hydrogen (secondary N) is 1. The fourth-order valence-corrected chi connectivity index (χ4v) is 5.59. The van der Waals surface area contributed by atoms with Gasteiger partial charge in [0.15, 0.2) is 0 Å². The van der Waals surface area contributed by atoms with E-state index in [1.165, 1.54) is 23.1 Å². The lowest BCUT2D eigenvalue weighted by atomic mass is 10.0. The van der Waals surface area contributed by atoms with Crippen molar-refractivity contribution in [3.8, 4) is 0 Å². The summed E-state index contributed by atoms with van der Waals surface area (Å²) in [5, 5.41) is 3.86. The fraction of sp³-hybridized carbons (Fsp3) is 0.310. The van der Waals surface area contributed by atoms with Gasteiger partial charge in [0, 0.05) is 29.6 Å². The number of amides is 2. The summed E-state index contributed by atoms with van der Waals surface area (Å²) < 4.78 is 26.7. The second-order valence-corrected chi connectivity index (χ2v) is 13.0. The molecule has 0 heterocycles. The number of benzene rings is 3. The third-order valence-corrected chi connectivity index (χ3v) is 8.00. The summed E-state index contributed by atoms with van der Waals surface area (Å²) in [5.74, 6) is -0.725. The second-order valence-electron chi connectivity index (χ2n) is 9.86. The number of sulfonamides is 1. The topological polar surface area (TPSA) is 86.8 Å². The van der Waals surface area contributed by atoms with Crippen molar-refractivity contribution in [1.29, 1.82) is 0 Å². The van der Waals surface area contributed by atoms with Crippen LogP contribution in [0.3, 0.4) is 0 Å². The van der Waals surface area contributed by atoms with E-state index in [1.54, 1.807) is 24.3 Å². The molecule has 11 heteroatoms. The average Bonchev–Trinajstić information content (AvgIpc) is 2.89. The lowest BCUT2D eigenvalue weighted by Gasteiger charge is -2.33. The smallest absolute Gasteiger partial charge is 0.244 e. The van der Waals surface area contributed by atoms with Crippen LogP contribution in [0, 0.1) is 5.92 Å². The molecule has 0 fully saturated rings. The van der Waals surface area contributed by atoms with Gasteiger partial charge >= 0.3 is 0 Å². The van der Waals surface area contributed by atoms with Crippen molar-refractivity contribution < 1.29 is 18.0 Å². The number of nitrogens with zero attached hydrogens (tertiary/aromatic N) is 2. The molecule has 2 amide bonds. The van der Waals surface area contributed by atoms with Gasteiger partial charge in [-0.05, 0) is 47.4 Å². The molecule has 3 aromatic rings. The SMILES string of the molecule is CC(C)CNC(=O)[C@H](Cc1ccccc1)N(Cc1ccc(Cl)cc1)C(=O)CN(c1ccc(Cl)cc1Cl)S(C)(=O)=O. The van der Waals surface area contributed by atoms with E-state index in [0.29, 0.717) is 16.6 Å². The Kier molecular flexibility index (Phi) is 11.3. The molecule has 0 aliphatic rings. The first-order chi connectivity index (χ1) is 18.8. The second kappa shape index (κ2) is 14.2. The normalized spacial score (nSPS) is 12.2. The Labute approximate surface area is 251 Å². The largest absolute Gasteiger partial charge is 0.354 e. The van der Waals surface area contributed by atoms with Crippen LogP contribution < -0.4 is 9.62 Å². The minimum absolute atomic E-state index is 0.0502. The Balaban J connectivity index is 2.06. The first-order valence-corrected chi connectivity index (χ1v) is 15.6. The molecule has 0 saturated heterocycles. The summed E-state index contributed by atoms with van der Waals surface area (Å²) >= 11 is 18.4. The summed E-state index contributed by atoms with van der Waals surface area (Å²) in [5.41, 5.74) is 1.68. The van der Waals surface area contributed by atoms with Gasteiger partial charge in [0.05, 0.1) is 17.0 Å². The number of hydrogen-bond donors (Lipinski definition) is 1. The standard InChI is InChI=1S/C29H32Cl3N3O4S/c1-20(2)17-33-29(37)27(15-21-7-5-4-6-8-21)34(18-22-9-11-23(30)12-10-22)28(36)19-35(40(3,38)39)26-14-13-24(31)16-25(26)32/h4-14,16,20,27H,15,17-19H2,1-3H3,(H,33,37)/t27-/m0/s1. The van der Waals surface area contributed by atoms with Crippen LogP contribution in [0.25, 0.3) is 0 Å². The molecule has 0 aliphatic carbocycles. The van der Waals surface area contributed by atoms with Gasteiger partial charge in [-0.1, -0.05) is 91.1 Å². The fourth-order valence-electron chi connectivity index (χ4n) is 4.04. The molecule has 0 unspecified atom stereocenters. The number of hydrogen-bond acceptors (Lipinski definition) is 4. The van der Waals surface area contributed by atoms with Crippen molar-refractivity contribution in [2.75, 3.05) is 23.7 Å². The van der Waals surface area contributed by atoms with E-state index in [9.17, 15) is 18.0 Å². The minimum Gasteiger partial charge on any atom is -0.354 e.